The Hall–Kier alpha value is -2.39. The van der Waals surface area contributed by atoms with Crippen LogP contribution in [0.3, 0.4) is 0 Å². The van der Waals surface area contributed by atoms with Crippen LogP contribution in [0, 0.1) is 24.4 Å². The maximum Gasteiger partial charge on any atom is 0.266 e. The SMILES string of the molecule is Cc1ccc(C(=O)NNS(=O)(=O)c2ccc(F)c(F)c2F)cc1. The first kappa shape index (κ1) is 17.0. The molecule has 0 atom stereocenters. The molecule has 0 spiro atoms. The number of benzene rings is 2. The minimum Gasteiger partial charge on any atom is -0.273 e. The quantitative estimate of drug-likeness (QED) is 0.658. The van der Waals surface area contributed by atoms with Crippen molar-refractivity contribution in [3.05, 3.63) is 65.0 Å². The Labute approximate surface area is 130 Å². The molecule has 0 radical (unpaired) electrons. The van der Waals surface area contributed by atoms with E-state index in [1.807, 2.05) is 5.43 Å². The number of nitrogens with one attached hydrogen (secondary N) is 2. The van der Waals surface area contributed by atoms with Gasteiger partial charge in [-0.25, -0.2) is 21.6 Å². The zero-order valence-electron chi connectivity index (χ0n) is 11.7. The number of hydrogen-bond acceptors (Lipinski definition) is 3. The summed E-state index contributed by atoms with van der Waals surface area (Å²) in [6.07, 6.45) is 0. The zero-order chi connectivity index (χ0) is 17.2. The average Bonchev–Trinajstić information content (AvgIpc) is 2.51. The van der Waals surface area contributed by atoms with Gasteiger partial charge in [-0.2, -0.15) is 0 Å². The normalized spacial score (nSPS) is 11.3. The Morgan fingerprint density at radius 1 is 0.957 bits per heavy atom. The number of rotatable bonds is 4. The van der Waals surface area contributed by atoms with Crippen molar-refractivity contribution in [1.82, 2.24) is 10.3 Å². The third-order valence-electron chi connectivity index (χ3n) is 2.90. The number of carbonyl (C=O) groups excluding carboxylic acids is 1. The van der Waals surface area contributed by atoms with E-state index in [9.17, 15) is 26.4 Å². The van der Waals surface area contributed by atoms with Gasteiger partial charge in [0, 0.05) is 5.56 Å². The number of halogens is 3. The molecular formula is C14H11F3N2O3S. The maximum absolute atomic E-state index is 13.5. The second-order valence-corrected chi connectivity index (χ2v) is 6.25. The Morgan fingerprint density at radius 2 is 1.57 bits per heavy atom. The van der Waals surface area contributed by atoms with Gasteiger partial charge in [0.15, 0.2) is 17.5 Å². The van der Waals surface area contributed by atoms with Crippen LogP contribution in [0.25, 0.3) is 0 Å². The summed E-state index contributed by atoms with van der Waals surface area (Å²) in [4.78, 5) is 12.3. The molecule has 23 heavy (non-hydrogen) atoms. The van der Waals surface area contributed by atoms with Gasteiger partial charge in [0.1, 0.15) is 4.90 Å². The van der Waals surface area contributed by atoms with E-state index in [1.165, 1.54) is 12.1 Å². The lowest BCUT2D eigenvalue weighted by Crippen LogP contribution is -2.41. The van der Waals surface area contributed by atoms with Crippen LogP contribution in [0.4, 0.5) is 13.2 Å². The van der Waals surface area contributed by atoms with E-state index < -0.39 is 38.3 Å². The number of hydrogen-bond donors (Lipinski definition) is 2. The monoisotopic (exact) mass is 344 g/mol. The molecule has 2 N–H and O–H groups in total. The highest BCUT2D eigenvalue weighted by Crippen LogP contribution is 2.19. The van der Waals surface area contributed by atoms with E-state index >= 15 is 0 Å². The van der Waals surface area contributed by atoms with E-state index in [0.717, 1.165) is 5.56 Å². The summed E-state index contributed by atoms with van der Waals surface area (Å²) in [6, 6.07) is 7.20. The first-order valence-electron chi connectivity index (χ1n) is 6.24. The predicted octanol–water partition coefficient (Wildman–Crippen LogP) is 2.04. The summed E-state index contributed by atoms with van der Waals surface area (Å²) in [5, 5.41) is 0. The van der Waals surface area contributed by atoms with Crippen LogP contribution in [0.2, 0.25) is 0 Å². The van der Waals surface area contributed by atoms with Crippen molar-refractivity contribution in [2.75, 3.05) is 0 Å². The molecule has 0 saturated carbocycles. The second-order valence-electron chi connectivity index (χ2n) is 4.60. The number of amides is 1. The van der Waals surface area contributed by atoms with E-state index in [4.69, 9.17) is 0 Å². The van der Waals surface area contributed by atoms with E-state index in [-0.39, 0.29) is 5.56 Å². The van der Waals surface area contributed by atoms with Gasteiger partial charge in [-0.15, -0.1) is 4.83 Å². The van der Waals surface area contributed by atoms with E-state index in [2.05, 4.69) is 0 Å². The topological polar surface area (TPSA) is 75.3 Å². The Kier molecular flexibility index (Phi) is 4.71. The molecule has 122 valence electrons. The van der Waals surface area contributed by atoms with Gasteiger partial charge in [0.25, 0.3) is 15.9 Å². The van der Waals surface area contributed by atoms with Crippen LogP contribution in [-0.4, -0.2) is 14.3 Å². The number of aryl methyl sites for hydroxylation is 1. The highest BCUT2D eigenvalue weighted by molar-refractivity contribution is 7.89. The summed E-state index contributed by atoms with van der Waals surface area (Å²) in [5.74, 6) is -6.11. The summed E-state index contributed by atoms with van der Waals surface area (Å²) < 4.78 is 63.1. The Balaban J connectivity index is 2.18. The van der Waals surface area contributed by atoms with Crippen molar-refractivity contribution in [3.8, 4) is 0 Å². The average molecular weight is 344 g/mol. The standard InChI is InChI=1S/C14H11F3N2O3S/c1-8-2-4-9(5-3-8)14(20)18-19-23(21,22)11-7-6-10(15)12(16)13(11)17/h2-7,19H,1H3,(H,18,20). The van der Waals surface area contributed by atoms with Crippen molar-refractivity contribution < 1.29 is 26.4 Å². The lowest BCUT2D eigenvalue weighted by molar-refractivity contribution is 0.0945. The molecule has 0 aromatic heterocycles. The van der Waals surface area contributed by atoms with E-state index in [0.29, 0.717) is 12.1 Å². The number of carbonyl (C=O) groups is 1. The van der Waals surface area contributed by atoms with Crippen molar-refractivity contribution in [2.45, 2.75) is 11.8 Å². The smallest absolute Gasteiger partial charge is 0.266 e. The highest BCUT2D eigenvalue weighted by atomic mass is 32.2. The third kappa shape index (κ3) is 3.69. The predicted molar refractivity (Wildman–Crippen MR) is 75.3 cm³/mol. The van der Waals surface area contributed by atoms with Gasteiger partial charge in [0.05, 0.1) is 0 Å². The molecule has 0 heterocycles. The lowest BCUT2D eigenvalue weighted by Gasteiger charge is -2.10. The molecule has 2 aromatic rings. The molecule has 0 bridgehead atoms. The summed E-state index contributed by atoms with van der Waals surface area (Å²) >= 11 is 0. The van der Waals surface area contributed by atoms with Gasteiger partial charge >= 0.3 is 0 Å². The van der Waals surface area contributed by atoms with Crippen molar-refractivity contribution >= 4 is 15.9 Å². The van der Waals surface area contributed by atoms with Crippen molar-refractivity contribution in [1.29, 1.82) is 0 Å². The van der Waals surface area contributed by atoms with Crippen LogP contribution >= 0.6 is 0 Å². The molecule has 0 aliphatic heterocycles. The summed E-state index contributed by atoms with van der Waals surface area (Å²) in [5.41, 5.74) is 2.91. The molecule has 1 amide bonds. The first-order chi connectivity index (χ1) is 10.7. The fourth-order valence-corrected chi connectivity index (χ4v) is 2.57. The minimum atomic E-state index is -4.61. The van der Waals surface area contributed by atoms with Gasteiger partial charge < -0.3 is 0 Å². The molecule has 0 aliphatic rings. The molecule has 9 heteroatoms. The van der Waals surface area contributed by atoms with Gasteiger partial charge in [0.2, 0.25) is 0 Å². The van der Waals surface area contributed by atoms with Crippen LogP contribution in [-0.2, 0) is 10.0 Å². The Morgan fingerprint density at radius 3 is 2.17 bits per heavy atom. The fourth-order valence-electron chi connectivity index (χ4n) is 1.66. The van der Waals surface area contributed by atoms with Gasteiger partial charge in [-0.1, -0.05) is 17.7 Å². The van der Waals surface area contributed by atoms with Crippen LogP contribution in [0.5, 0.6) is 0 Å². The van der Waals surface area contributed by atoms with Crippen LogP contribution < -0.4 is 10.3 Å². The largest absolute Gasteiger partial charge is 0.273 e. The zero-order valence-corrected chi connectivity index (χ0v) is 12.5. The third-order valence-corrected chi connectivity index (χ3v) is 4.17. The molecule has 0 aliphatic carbocycles. The summed E-state index contributed by atoms with van der Waals surface area (Å²) in [7, 11) is -4.61. The second kappa shape index (κ2) is 6.39. The molecule has 0 unspecified atom stereocenters. The van der Waals surface area contributed by atoms with Gasteiger partial charge in [-0.05, 0) is 31.2 Å². The molecule has 2 rings (SSSR count). The van der Waals surface area contributed by atoms with E-state index in [1.54, 1.807) is 23.9 Å². The molecule has 2 aromatic carbocycles. The number of hydrazine groups is 1. The number of sulfonamides is 1. The molecule has 0 saturated heterocycles. The van der Waals surface area contributed by atoms with Crippen LogP contribution in [0.1, 0.15) is 15.9 Å². The Bertz CT molecular complexity index is 852. The fraction of sp³-hybridized carbons (Fsp3) is 0.0714. The van der Waals surface area contributed by atoms with Crippen molar-refractivity contribution in [2.24, 2.45) is 0 Å². The lowest BCUT2D eigenvalue weighted by atomic mass is 10.1. The molecule has 0 fully saturated rings. The summed E-state index contributed by atoms with van der Waals surface area (Å²) in [6.45, 7) is 1.80. The first-order valence-corrected chi connectivity index (χ1v) is 7.73. The van der Waals surface area contributed by atoms with Crippen LogP contribution in [0.15, 0.2) is 41.3 Å². The maximum atomic E-state index is 13.5. The minimum absolute atomic E-state index is 0.157. The van der Waals surface area contributed by atoms with Gasteiger partial charge in [-0.3, -0.25) is 10.2 Å². The van der Waals surface area contributed by atoms with Crippen molar-refractivity contribution in [3.63, 3.8) is 0 Å². The molecule has 5 nitrogen and oxygen atoms in total. The highest BCUT2D eigenvalue weighted by Gasteiger charge is 2.24. The molecular weight excluding hydrogens is 333 g/mol.